The van der Waals surface area contributed by atoms with Gasteiger partial charge in [0.2, 0.25) is 11.8 Å². The van der Waals surface area contributed by atoms with Crippen LogP contribution in [0, 0.1) is 19.3 Å². The van der Waals surface area contributed by atoms with Crippen molar-refractivity contribution < 1.29 is 36.2 Å². The lowest BCUT2D eigenvalue weighted by Crippen LogP contribution is -2.36. The van der Waals surface area contributed by atoms with E-state index in [0.717, 1.165) is 17.2 Å². The number of ether oxygens (including phenoxy) is 1. The van der Waals surface area contributed by atoms with E-state index in [0.29, 0.717) is 11.3 Å². The number of nitrogens with one attached hydrogen (secondary N) is 1. The number of nitrogens with zero attached hydrogens (tertiary/aromatic N) is 2. The Hall–Kier alpha value is -3.42. The number of aromatic nitrogens is 2. The van der Waals surface area contributed by atoms with Gasteiger partial charge in [0, 0.05) is 17.7 Å². The Morgan fingerprint density at radius 3 is 2.33 bits per heavy atom. The average Bonchev–Trinajstić information content (AvgIpc) is 3.63. The maximum Gasteiger partial charge on any atom is 0.394 e. The molecule has 2 aromatic carbocycles. The Bertz CT molecular complexity index is 1490. The molecule has 0 saturated heterocycles. The number of anilines is 1. The minimum atomic E-state index is -4.35. The van der Waals surface area contributed by atoms with Gasteiger partial charge in [-0.2, -0.15) is 18.2 Å². The van der Waals surface area contributed by atoms with Crippen LogP contribution in [0.3, 0.4) is 0 Å². The molecular formula is C26H28ClF3N4O5S. The number of carboxylic acid groups (broad SMARTS) is 1. The largest absolute Gasteiger partial charge is 0.478 e. The van der Waals surface area contributed by atoms with E-state index in [1.807, 2.05) is 32.0 Å². The fourth-order valence-corrected chi connectivity index (χ4v) is 5.36. The van der Waals surface area contributed by atoms with Gasteiger partial charge in [-0.25, -0.2) is 22.9 Å². The molecule has 40 heavy (non-hydrogen) atoms. The molecule has 1 aliphatic rings. The summed E-state index contributed by atoms with van der Waals surface area (Å²) in [7, 11) is -4.31. The molecule has 0 radical (unpaired) electrons. The van der Waals surface area contributed by atoms with Crippen molar-refractivity contribution in [2.24, 2.45) is 11.1 Å². The molecule has 0 aliphatic heterocycles. The number of sulfonamides is 1. The van der Waals surface area contributed by atoms with Gasteiger partial charge in [0.15, 0.2) is 0 Å². The molecule has 0 spiro atoms. The Balaban J connectivity index is 0.00000441. The van der Waals surface area contributed by atoms with Gasteiger partial charge in [-0.05, 0) is 62.4 Å². The van der Waals surface area contributed by atoms with E-state index in [4.69, 9.17) is 10.5 Å². The van der Waals surface area contributed by atoms with Crippen LogP contribution in [-0.4, -0.2) is 48.3 Å². The Labute approximate surface area is 235 Å². The van der Waals surface area contributed by atoms with Crippen LogP contribution in [0.4, 0.5) is 19.1 Å². The highest BCUT2D eigenvalue weighted by molar-refractivity contribution is 7.92. The zero-order valence-electron chi connectivity index (χ0n) is 21.5. The van der Waals surface area contributed by atoms with Crippen LogP contribution in [0.1, 0.15) is 40.7 Å². The van der Waals surface area contributed by atoms with Crippen LogP contribution in [0.15, 0.2) is 53.4 Å². The van der Waals surface area contributed by atoms with Crippen molar-refractivity contribution in [1.29, 1.82) is 0 Å². The van der Waals surface area contributed by atoms with Gasteiger partial charge < -0.3 is 15.6 Å². The van der Waals surface area contributed by atoms with Crippen molar-refractivity contribution in [3.05, 3.63) is 65.2 Å². The summed E-state index contributed by atoms with van der Waals surface area (Å²) in [5.41, 5.74) is 6.62. The summed E-state index contributed by atoms with van der Waals surface area (Å²) in [4.78, 5) is 19.4. The number of rotatable bonds is 10. The number of aryl methyl sites for hydroxylation is 2. The van der Waals surface area contributed by atoms with Gasteiger partial charge in [-0.15, -0.1) is 12.4 Å². The van der Waals surface area contributed by atoms with Crippen LogP contribution in [0.2, 0.25) is 0 Å². The lowest BCUT2D eigenvalue weighted by molar-refractivity contribution is -0.190. The van der Waals surface area contributed by atoms with Crippen molar-refractivity contribution in [2.45, 2.75) is 50.2 Å². The number of aromatic carboxylic acids is 1. The normalized spacial score (nSPS) is 15.1. The molecule has 1 aromatic heterocycles. The number of carboxylic acids is 1. The van der Waals surface area contributed by atoms with Crippen molar-refractivity contribution in [3.63, 3.8) is 0 Å². The molecule has 0 bridgehead atoms. The molecule has 4 N–H and O–H groups in total. The van der Waals surface area contributed by atoms with E-state index in [1.54, 1.807) is 0 Å². The molecular weight excluding hydrogens is 573 g/mol. The molecule has 3 aromatic rings. The summed E-state index contributed by atoms with van der Waals surface area (Å²) in [5, 5.41) is 9.21. The highest BCUT2D eigenvalue weighted by atomic mass is 35.5. The first-order valence-corrected chi connectivity index (χ1v) is 13.5. The summed E-state index contributed by atoms with van der Waals surface area (Å²) in [5.74, 6) is -1.76. The number of hydrogen-bond donors (Lipinski definition) is 3. The Morgan fingerprint density at radius 2 is 1.75 bits per heavy atom. The van der Waals surface area contributed by atoms with Crippen LogP contribution in [0.25, 0.3) is 11.3 Å². The number of hydrogen-bond acceptors (Lipinski definition) is 7. The van der Waals surface area contributed by atoms with Crippen LogP contribution in [0.5, 0.6) is 5.88 Å². The fourth-order valence-electron chi connectivity index (χ4n) is 4.37. The van der Waals surface area contributed by atoms with E-state index in [9.17, 15) is 31.5 Å². The number of nitrogens with two attached hydrogens (primary N) is 1. The first kappa shape index (κ1) is 31.1. The van der Waals surface area contributed by atoms with Gasteiger partial charge >= 0.3 is 12.1 Å². The molecule has 1 heterocycles. The van der Waals surface area contributed by atoms with Crippen LogP contribution >= 0.6 is 12.4 Å². The zero-order chi connectivity index (χ0) is 28.6. The maximum atomic E-state index is 13.3. The molecule has 9 nitrogen and oxygen atoms in total. The summed E-state index contributed by atoms with van der Waals surface area (Å²) in [6.07, 6.45) is -4.62. The third kappa shape index (κ3) is 6.83. The lowest BCUT2D eigenvalue weighted by Gasteiger charge is -2.23. The van der Waals surface area contributed by atoms with Crippen molar-refractivity contribution in [2.75, 3.05) is 11.3 Å². The predicted octanol–water partition coefficient (Wildman–Crippen LogP) is 5.12. The van der Waals surface area contributed by atoms with E-state index in [1.165, 1.54) is 24.3 Å². The SMILES string of the molecule is Cc1cccc(C)c1-c1cc(OCC(N)CC2(C(F)(F)F)CC2)nc(NS(=O)(=O)c2cccc(C(=O)O)c2)n1.Cl. The Kier molecular flexibility index (Phi) is 9.02. The predicted molar refractivity (Wildman–Crippen MR) is 144 cm³/mol. The molecule has 0 amide bonds. The van der Waals surface area contributed by atoms with E-state index < -0.39 is 33.6 Å². The van der Waals surface area contributed by atoms with E-state index >= 15 is 0 Å². The summed E-state index contributed by atoms with van der Waals surface area (Å²) in [6, 6.07) is 10.8. The first-order chi connectivity index (χ1) is 18.2. The molecule has 216 valence electrons. The summed E-state index contributed by atoms with van der Waals surface area (Å²) >= 11 is 0. The van der Waals surface area contributed by atoms with Crippen molar-refractivity contribution >= 4 is 34.3 Å². The topological polar surface area (TPSA) is 144 Å². The van der Waals surface area contributed by atoms with Crippen LogP contribution < -0.4 is 15.2 Å². The molecule has 1 unspecified atom stereocenters. The maximum absolute atomic E-state index is 13.3. The van der Waals surface area contributed by atoms with Crippen LogP contribution in [-0.2, 0) is 10.0 Å². The monoisotopic (exact) mass is 600 g/mol. The average molecular weight is 601 g/mol. The minimum Gasteiger partial charge on any atom is -0.478 e. The fraction of sp³-hybridized carbons (Fsp3) is 0.346. The van der Waals surface area contributed by atoms with Crippen molar-refractivity contribution in [3.8, 4) is 17.1 Å². The molecule has 1 aliphatic carbocycles. The number of halogens is 4. The summed E-state index contributed by atoms with van der Waals surface area (Å²) < 4.78 is 74.0. The van der Waals surface area contributed by atoms with Gasteiger partial charge in [-0.1, -0.05) is 24.3 Å². The zero-order valence-corrected chi connectivity index (χ0v) is 23.2. The summed E-state index contributed by atoms with van der Waals surface area (Å²) in [6.45, 7) is 3.40. The van der Waals surface area contributed by atoms with Gasteiger partial charge in [-0.3, -0.25) is 0 Å². The number of carbonyl (C=O) groups is 1. The molecule has 4 rings (SSSR count). The van der Waals surface area contributed by atoms with E-state index in [-0.39, 0.29) is 60.6 Å². The second kappa shape index (κ2) is 11.6. The molecule has 1 atom stereocenters. The van der Waals surface area contributed by atoms with Gasteiger partial charge in [0.25, 0.3) is 10.0 Å². The molecule has 1 fully saturated rings. The third-order valence-electron chi connectivity index (χ3n) is 6.61. The lowest BCUT2D eigenvalue weighted by atomic mass is 9.97. The Morgan fingerprint density at radius 1 is 1.12 bits per heavy atom. The standard InChI is InChI=1S/C26H27F3N4O5S.ClH/c1-15-5-3-6-16(2)22(15)20-12-21(38-14-18(30)13-25(9-10-25)26(27,28)29)32-24(31-20)33-39(36,37)19-8-4-7-17(11-19)23(34)35;/h3-8,11-12,18H,9-10,13-14,30H2,1-2H3,(H,34,35)(H,31,32,33);1H. The molecule has 1 saturated carbocycles. The first-order valence-electron chi connectivity index (χ1n) is 12.0. The van der Waals surface area contributed by atoms with Crippen molar-refractivity contribution in [1.82, 2.24) is 9.97 Å². The molecule has 14 heteroatoms. The minimum absolute atomic E-state index is 0. The number of benzene rings is 2. The van der Waals surface area contributed by atoms with Gasteiger partial charge in [0.1, 0.15) is 6.61 Å². The highest BCUT2D eigenvalue weighted by Crippen LogP contribution is 2.60. The third-order valence-corrected chi connectivity index (χ3v) is 7.94. The second-order valence-electron chi connectivity index (χ2n) is 9.67. The van der Waals surface area contributed by atoms with E-state index in [2.05, 4.69) is 14.7 Å². The smallest absolute Gasteiger partial charge is 0.394 e. The van der Waals surface area contributed by atoms with Gasteiger partial charge in [0.05, 0.1) is 21.6 Å². The highest BCUT2D eigenvalue weighted by Gasteiger charge is 2.63. The second-order valence-corrected chi connectivity index (χ2v) is 11.4. The quantitative estimate of drug-likeness (QED) is 0.291. The number of alkyl halides is 3.